The van der Waals surface area contributed by atoms with Crippen molar-refractivity contribution in [2.75, 3.05) is 0 Å². The first-order valence-corrected chi connectivity index (χ1v) is 8.34. The number of aromatic nitrogens is 4. The van der Waals surface area contributed by atoms with Crippen LogP contribution >= 0.6 is 0 Å². The molecule has 6 heteroatoms. The Hall–Kier alpha value is -3.93. The van der Waals surface area contributed by atoms with Gasteiger partial charge in [-0.1, -0.05) is 0 Å². The zero-order valence-electron chi connectivity index (χ0n) is 14.3. The summed E-state index contributed by atoms with van der Waals surface area (Å²) in [6.45, 7) is -0.250. The topological polar surface area (TPSA) is 94.7 Å². The highest BCUT2D eigenvalue weighted by molar-refractivity contribution is 5.77. The van der Waals surface area contributed by atoms with E-state index in [1.807, 2.05) is 42.5 Å². The standard InChI is InChI=1S/C20H14N4.CH2O2/c1-2-14-10-16-5-6-18(23-16)12-20-8-7-19(24-20)11-17-4-3-15(22-17)9-13(1)21-14;2-1-3/h1-12,21-22H;1H,(H,2,3). The smallest absolute Gasteiger partial charge is 0.290 e. The summed E-state index contributed by atoms with van der Waals surface area (Å²) in [7, 11) is 0. The fourth-order valence-electron chi connectivity index (χ4n) is 2.94. The van der Waals surface area contributed by atoms with Crippen molar-refractivity contribution in [1.29, 1.82) is 0 Å². The lowest BCUT2D eigenvalue weighted by Crippen LogP contribution is -1.77. The molecule has 5 rings (SSSR count). The Bertz CT molecular complexity index is 1130. The molecule has 0 aliphatic carbocycles. The minimum atomic E-state index is -0.250. The van der Waals surface area contributed by atoms with Crippen LogP contribution < -0.4 is 0 Å². The molecule has 0 amide bonds. The van der Waals surface area contributed by atoms with Crippen LogP contribution in [0, 0.1) is 0 Å². The molecule has 0 fully saturated rings. The molecule has 2 aliphatic heterocycles. The second-order valence-electron chi connectivity index (χ2n) is 6.01. The van der Waals surface area contributed by atoms with Gasteiger partial charge in [0.2, 0.25) is 0 Å². The van der Waals surface area contributed by atoms with E-state index in [9.17, 15) is 0 Å². The molecular weight excluding hydrogens is 340 g/mol. The van der Waals surface area contributed by atoms with Crippen LogP contribution in [-0.4, -0.2) is 31.5 Å². The maximum absolute atomic E-state index is 8.36. The normalized spacial score (nSPS) is 11.7. The molecule has 3 N–H and O–H groups in total. The van der Waals surface area contributed by atoms with E-state index in [1.54, 1.807) is 0 Å². The van der Waals surface area contributed by atoms with Crippen LogP contribution in [0.4, 0.5) is 0 Å². The average molecular weight is 356 g/mol. The van der Waals surface area contributed by atoms with Gasteiger partial charge in [0.25, 0.3) is 6.47 Å². The van der Waals surface area contributed by atoms with Crippen molar-refractivity contribution in [1.82, 2.24) is 19.9 Å². The van der Waals surface area contributed by atoms with Gasteiger partial charge in [-0.2, -0.15) is 0 Å². The third-order valence-corrected chi connectivity index (χ3v) is 4.04. The minimum absolute atomic E-state index is 0.250. The Balaban J connectivity index is 0.000000565. The van der Waals surface area contributed by atoms with Gasteiger partial charge in [-0.3, -0.25) is 4.79 Å². The number of nitrogens with one attached hydrogen (secondary N) is 2. The highest BCUT2D eigenvalue weighted by atomic mass is 16.3. The molecule has 2 aliphatic rings. The van der Waals surface area contributed by atoms with E-state index in [4.69, 9.17) is 9.90 Å². The van der Waals surface area contributed by atoms with E-state index < -0.39 is 0 Å². The fourth-order valence-corrected chi connectivity index (χ4v) is 2.94. The largest absolute Gasteiger partial charge is 0.483 e. The van der Waals surface area contributed by atoms with Gasteiger partial charge < -0.3 is 15.1 Å². The molecule has 132 valence electrons. The lowest BCUT2D eigenvalue weighted by atomic mass is 10.3. The molecule has 8 bridgehead atoms. The second kappa shape index (κ2) is 7.13. The first-order valence-electron chi connectivity index (χ1n) is 8.34. The van der Waals surface area contributed by atoms with Crippen molar-refractivity contribution < 1.29 is 9.90 Å². The molecule has 0 atom stereocenters. The number of fused-ring (bicyclic) bond motifs is 8. The van der Waals surface area contributed by atoms with Crippen LogP contribution in [0.1, 0.15) is 22.8 Å². The quantitative estimate of drug-likeness (QED) is 0.359. The summed E-state index contributed by atoms with van der Waals surface area (Å²) >= 11 is 0. The van der Waals surface area contributed by atoms with E-state index in [0.717, 1.165) is 44.8 Å². The van der Waals surface area contributed by atoms with E-state index in [0.29, 0.717) is 0 Å². The molecule has 0 spiro atoms. The van der Waals surface area contributed by atoms with Crippen molar-refractivity contribution in [2.45, 2.75) is 0 Å². The summed E-state index contributed by atoms with van der Waals surface area (Å²) in [5, 5.41) is 6.89. The molecule has 0 saturated heterocycles. The zero-order valence-corrected chi connectivity index (χ0v) is 14.3. The monoisotopic (exact) mass is 356 g/mol. The maximum atomic E-state index is 8.36. The maximum Gasteiger partial charge on any atom is 0.290 e. The molecule has 0 saturated carbocycles. The third kappa shape index (κ3) is 3.85. The predicted molar refractivity (Wildman–Crippen MR) is 108 cm³/mol. The van der Waals surface area contributed by atoms with Crippen LogP contribution in [0.2, 0.25) is 0 Å². The summed E-state index contributed by atoms with van der Waals surface area (Å²) in [6.07, 6.45) is 8.05. The number of carboxylic acid groups (broad SMARTS) is 1. The fraction of sp³-hybridized carbons (Fsp3) is 0. The van der Waals surface area contributed by atoms with Crippen molar-refractivity contribution >= 4 is 52.8 Å². The van der Waals surface area contributed by atoms with Gasteiger partial charge in [0.15, 0.2) is 0 Å². The van der Waals surface area contributed by atoms with Gasteiger partial charge >= 0.3 is 0 Å². The molecule has 5 heterocycles. The molecule has 0 aromatic carbocycles. The van der Waals surface area contributed by atoms with Crippen LogP contribution in [0.25, 0.3) is 46.4 Å². The van der Waals surface area contributed by atoms with Gasteiger partial charge in [0, 0.05) is 22.1 Å². The SMILES string of the molecule is C1=Cc2cc3ccc(cc4ccc(cc5nc(cc1n2)C=C5)[nH]4)[nH]3.O=CO. The van der Waals surface area contributed by atoms with Crippen LogP contribution in [0.3, 0.4) is 0 Å². The van der Waals surface area contributed by atoms with Gasteiger partial charge in [-0.05, 0) is 72.8 Å². The van der Waals surface area contributed by atoms with Crippen molar-refractivity contribution in [3.8, 4) is 0 Å². The molecule has 3 aromatic rings. The number of hydrogen-bond donors (Lipinski definition) is 3. The number of rotatable bonds is 0. The molecular formula is C21H16N4O2. The molecule has 0 unspecified atom stereocenters. The number of H-pyrrole nitrogens is 2. The Morgan fingerprint density at radius 3 is 1.37 bits per heavy atom. The van der Waals surface area contributed by atoms with E-state index in [-0.39, 0.29) is 6.47 Å². The van der Waals surface area contributed by atoms with Crippen LogP contribution in [-0.2, 0) is 4.79 Å². The summed E-state index contributed by atoms with van der Waals surface area (Å²) in [5.41, 5.74) is 7.86. The van der Waals surface area contributed by atoms with Crippen LogP contribution in [0.15, 0.2) is 48.5 Å². The first-order chi connectivity index (χ1) is 13.2. The van der Waals surface area contributed by atoms with Crippen molar-refractivity contribution in [3.05, 3.63) is 71.3 Å². The Labute approximate surface area is 154 Å². The van der Waals surface area contributed by atoms with Gasteiger partial charge in [0.1, 0.15) is 0 Å². The van der Waals surface area contributed by atoms with E-state index in [1.165, 1.54) is 0 Å². The number of carbonyl (C=O) groups is 1. The molecule has 0 radical (unpaired) electrons. The molecule has 27 heavy (non-hydrogen) atoms. The molecule has 6 nitrogen and oxygen atoms in total. The Morgan fingerprint density at radius 2 is 0.963 bits per heavy atom. The third-order valence-electron chi connectivity index (χ3n) is 4.04. The second-order valence-corrected chi connectivity index (χ2v) is 6.01. The average Bonchev–Trinajstić information content (AvgIpc) is 3.41. The van der Waals surface area contributed by atoms with Crippen molar-refractivity contribution in [3.63, 3.8) is 0 Å². The Morgan fingerprint density at radius 1 is 0.630 bits per heavy atom. The van der Waals surface area contributed by atoms with Crippen LogP contribution in [0.5, 0.6) is 0 Å². The lowest BCUT2D eigenvalue weighted by molar-refractivity contribution is -0.122. The van der Waals surface area contributed by atoms with E-state index >= 15 is 0 Å². The summed E-state index contributed by atoms with van der Waals surface area (Å²) in [5.74, 6) is 0. The number of nitrogens with zero attached hydrogens (tertiary/aromatic N) is 2. The number of hydrogen-bond acceptors (Lipinski definition) is 3. The van der Waals surface area contributed by atoms with E-state index in [2.05, 4.69) is 50.3 Å². The highest BCUT2D eigenvalue weighted by Crippen LogP contribution is 2.17. The van der Waals surface area contributed by atoms with Gasteiger partial charge in [-0.25, -0.2) is 9.97 Å². The lowest BCUT2D eigenvalue weighted by Gasteiger charge is -1.86. The predicted octanol–water partition coefficient (Wildman–Crippen LogP) is 4.36. The zero-order chi connectivity index (χ0) is 18.6. The molecule has 3 aromatic heterocycles. The summed E-state index contributed by atoms with van der Waals surface area (Å²) in [4.78, 5) is 24.4. The van der Waals surface area contributed by atoms with Crippen molar-refractivity contribution in [2.24, 2.45) is 0 Å². The van der Waals surface area contributed by atoms with Gasteiger partial charge in [-0.15, -0.1) is 0 Å². The summed E-state index contributed by atoms with van der Waals surface area (Å²) < 4.78 is 0. The highest BCUT2D eigenvalue weighted by Gasteiger charge is 2.02. The minimum Gasteiger partial charge on any atom is -0.483 e. The first kappa shape index (κ1) is 16.5. The van der Waals surface area contributed by atoms with Gasteiger partial charge in [0.05, 0.1) is 22.8 Å². The summed E-state index contributed by atoms with van der Waals surface area (Å²) in [6, 6.07) is 16.4. The Kier molecular flexibility index (Phi) is 4.37. The number of aromatic amines is 2.